The zero-order valence-electron chi connectivity index (χ0n) is 23.2. The molecular weight excluding hydrogens is 554 g/mol. The SMILES string of the molecule is CCC(C(=O)NC)N(Cc1ccc(OC)cc1)C(=O)CN(c1cc(Cl)ccc1OC)S(=O)(=O)c1ccc(C)cc1. The van der Waals surface area contributed by atoms with Crippen LogP contribution < -0.4 is 19.1 Å². The van der Waals surface area contributed by atoms with Crippen LogP contribution in [0.3, 0.4) is 0 Å². The van der Waals surface area contributed by atoms with E-state index >= 15 is 0 Å². The zero-order valence-corrected chi connectivity index (χ0v) is 24.8. The lowest BCUT2D eigenvalue weighted by Crippen LogP contribution is -2.51. The molecule has 0 fully saturated rings. The number of aryl methyl sites for hydroxylation is 1. The second-order valence-electron chi connectivity index (χ2n) is 9.05. The number of sulfonamides is 1. The van der Waals surface area contributed by atoms with Gasteiger partial charge >= 0.3 is 0 Å². The average molecular weight is 588 g/mol. The second-order valence-corrected chi connectivity index (χ2v) is 11.3. The summed E-state index contributed by atoms with van der Waals surface area (Å²) >= 11 is 6.26. The Labute approximate surface area is 240 Å². The molecule has 3 aromatic carbocycles. The van der Waals surface area contributed by atoms with E-state index < -0.39 is 28.5 Å². The third-order valence-corrected chi connectivity index (χ3v) is 8.45. The van der Waals surface area contributed by atoms with Crippen LogP contribution in [-0.4, -0.2) is 59.0 Å². The minimum atomic E-state index is -4.26. The molecule has 9 nitrogen and oxygen atoms in total. The van der Waals surface area contributed by atoms with Crippen molar-refractivity contribution in [3.05, 3.63) is 82.9 Å². The molecule has 0 aliphatic rings. The van der Waals surface area contributed by atoms with Crippen molar-refractivity contribution in [2.45, 2.75) is 37.8 Å². The van der Waals surface area contributed by atoms with Crippen LogP contribution in [0.5, 0.6) is 11.5 Å². The summed E-state index contributed by atoms with van der Waals surface area (Å²) in [6, 6.07) is 17.1. The van der Waals surface area contributed by atoms with Crippen LogP contribution in [0.15, 0.2) is 71.6 Å². The topological polar surface area (TPSA) is 105 Å². The van der Waals surface area contributed by atoms with Gasteiger partial charge in [-0.15, -0.1) is 0 Å². The molecule has 0 radical (unpaired) electrons. The Morgan fingerprint density at radius 1 is 0.975 bits per heavy atom. The molecule has 0 saturated carbocycles. The van der Waals surface area contributed by atoms with Crippen molar-refractivity contribution in [2.75, 3.05) is 32.1 Å². The highest BCUT2D eigenvalue weighted by atomic mass is 35.5. The highest BCUT2D eigenvalue weighted by Gasteiger charge is 2.34. The maximum atomic E-state index is 14.0. The number of benzene rings is 3. The Balaban J connectivity index is 2.12. The first-order valence-electron chi connectivity index (χ1n) is 12.6. The molecule has 3 aromatic rings. The monoisotopic (exact) mass is 587 g/mol. The summed E-state index contributed by atoms with van der Waals surface area (Å²) in [5.74, 6) is -0.0852. The van der Waals surface area contributed by atoms with Gasteiger partial charge in [-0.3, -0.25) is 13.9 Å². The lowest BCUT2D eigenvalue weighted by atomic mass is 10.1. The number of hydrogen-bond donors (Lipinski definition) is 1. The van der Waals surface area contributed by atoms with E-state index in [-0.39, 0.29) is 33.8 Å². The van der Waals surface area contributed by atoms with Crippen molar-refractivity contribution in [3.63, 3.8) is 0 Å². The standard InChI is InChI=1S/C29H34ClN3O6S/c1-6-25(29(35)31-3)32(18-21-9-12-23(38-4)13-10-21)28(34)19-33(26-17-22(30)11-16-27(26)39-5)40(36,37)24-14-7-20(2)8-15-24/h7-17,25H,6,18-19H2,1-5H3,(H,31,35). The molecule has 3 rings (SSSR count). The zero-order chi connectivity index (χ0) is 29.4. The van der Waals surface area contributed by atoms with Gasteiger partial charge in [0, 0.05) is 18.6 Å². The number of methoxy groups -OCH3 is 2. The first-order chi connectivity index (χ1) is 19.0. The van der Waals surface area contributed by atoms with Crippen molar-refractivity contribution < 1.29 is 27.5 Å². The molecule has 0 spiro atoms. The van der Waals surface area contributed by atoms with E-state index in [0.29, 0.717) is 12.2 Å². The molecule has 0 bridgehead atoms. The van der Waals surface area contributed by atoms with E-state index in [1.54, 1.807) is 56.5 Å². The predicted octanol–water partition coefficient (Wildman–Crippen LogP) is 4.41. The Morgan fingerprint density at radius 2 is 1.62 bits per heavy atom. The van der Waals surface area contributed by atoms with E-state index in [0.717, 1.165) is 15.4 Å². The highest BCUT2D eigenvalue weighted by Crippen LogP contribution is 2.35. The number of carbonyl (C=O) groups excluding carboxylic acids is 2. The van der Waals surface area contributed by atoms with Crippen molar-refractivity contribution in [1.29, 1.82) is 0 Å². The van der Waals surface area contributed by atoms with Gasteiger partial charge < -0.3 is 19.7 Å². The fourth-order valence-corrected chi connectivity index (χ4v) is 5.81. The summed E-state index contributed by atoms with van der Waals surface area (Å²) in [5.41, 5.74) is 1.72. The molecule has 0 aliphatic heterocycles. The number of halogens is 1. The molecule has 214 valence electrons. The number of anilines is 1. The third kappa shape index (κ3) is 7.05. The third-order valence-electron chi connectivity index (χ3n) is 6.44. The van der Waals surface area contributed by atoms with Gasteiger partial charge in [-0.2, -0.15) is 0 Å². The molecule has 0 aliphatic carbocycles. The minimum absolute atomic E-state index is 0.00650. The van der Waals surface area contributed by atoms with E-state index in [1.807, 2.05) is 6.92 Å². The minimum Gasteiger partial charge on any atom is -0.497 e. The van der Waals surface area contributed by atoms with Gasteiger partial charge in [0.05, 0.1) is 24.8 Å². The number of ether oxygens (including phenoxy) is 2. The van der Waals surface area contributed by atoms with Crippen molar-refractivity contribution >= 4 is 39.1 Å². The molecular formula is C29H34ClN3O6S. The van der Waals surface area contributed by atoms with Crippen molar-refractivity contribution in [1.82, 2.24) is 10.2 Å². The van der Waals surface area contributed by atoms with Crippen LogP contribution in [0.1, 0.15) is 24.5 Å². The molecule has 0 heterocycles. The Hall–Kier alpha value is -3.76. The molecule has 1 N–H and O–H groups in total. The number of amides is 2. The van der Waals surface area contributed by atoms with E-state index in [2.05, 4.69) is 5.32 Å². The fraction of sp³-hybridized carbons (Fsp3) is 0.310. The molecule has 0 aromatic heterocycles. The van der Waals surface area contributed by atoms with Gasteiger partial charge in [0.15, 0.2) is 0 Å². The molecule has 0 saturated heterocycles. The van der Waals surface area contributed by atoms with Gasteiger partial charge in [0.25, 0.3) is 10.0 Å². The summed E-state index contributed by atoms with van der Waals surface area (Å²) in [6.07, 6.45) is 0.312. The molecule has 1 atom stereocenters. The number of hydrogen-bond acceptors (Lipinski definition) is 6. The molecule has 1 unspecified atom stereocenters. The number of likely N-dealkylation sites (N-methyl/N-ethyl adjacent to an activating group) is 1. The lowest BCUT2D eigenvalue weighted by molar-refractivity contribution is -0.140. The number of nitrogens with zero attached hydrogens (tertiary/aromatic N) is 2. The Bertz CT molecular complexity index is 1430. The largest absolute Gasteiger partial charge is 0.497 e. The van der Waals surface area contributed by atoms with Crippen molar-refractivity contribution in [3.8, 4) is 11.5 Å². The van der Waals surface area contributed by atoms with Crippen LogP contribution in [0.2, 0.25) is 5.02 Å². The quantitative estimate of drug-likeness (QED) is 0.336. The maximum Gasteiger partial charge on any atom is 0.264 e. The summed E-state index contributed by atoms with van der Waals surface area (Å²) < 4.78 is 39.7. The molecule has 40 heavy (non-hydrogen) atoms. The summed E-state index contributed by atoms with van der Waals surface area (Å²) in [7, 11) is 0.188. The first-order valence-corrected chi connectivity index (χ1v) is 14.4. The molecule has 2 amide bonds. The van der Waals surface area contributed by atoms with Gasteiger partial charge in [-0.1, -0.05) is 48.4 Å². The normalized spacial score (nSPS) is 11.8. The summed E-state index contributed by atoms with van der Waals surface area (Å²) in [4.78, 5) is 28.2. The fourth-order valence-electron chi connectivity index (χ4n) is 4.22. The van der Waals surface area contributed by atoms with E-state index in [4.69, 9.17) is 21.1 Å². The lowest BCUT2D eigenvalue weighted by Gasteiger charge is -2.33. The summed E-state index contributed by atoms with van der Waals surface area (Å²) in [6.45, 7) is 3.10. The van der Waals surface area contributed by atoms with Gasteiger partial charge in [-0.05, 0) is 61.4 Å². The number of nitrogens with one attached hydrogen (secondary N) is 1. The predicted molar refractivity (Wildman–Crippen MR) is 155 cm³/mol. The average Bonchev–Trinajstić information content (AvgIpc) is 2.95. The van der Waals surface area contributed by atoms with Crippen LogP contribution in [-0.2, 0) is 26.2 Å². The Morgan fingerprint density at radius 3 is 2.17 bits per heavy atom. The van der Waals surface area contributed by atoms with Gasteiger partial charge in [0.2, 0.25) is 11.8 Å². The van der Waals surface area contributed by atoms with E-state index in [1.165, 1.54) is 43.3 Å². The van der Waals surface area contributed by atoms with E-state index in [9.17, 15) is 18.0 Å². The first kappa shape index (κ1) is 30.8. The van der Waals surface area contributed by atoms with Crippen LogP contribution in [0.4, 0.5) is 5.69 Å². The van der Waals surface area contributed by atoms with Gasteiger partial charge in [0.1, 0.15) is 24.1 Å². The van der Waals surface area contributed by atoms with Crippen LogP contribution in [0.25, 0.3) is 0 Å². The van der Waals surface area contributed by atoms with Gasteiger partial charge in [-0.25, -0.2) is 8.42 Å². The second kappa shape index (κ2) is 13.5. The van der Waals surface area contributed by atoms with Crippen LogP contribution >= 0.6 is 11.6 Å². The smallest absolute Gasteiger partial charge is 0.264 e. The molecule has 11 heteroatoms. The number of rotatable bonds is 12. The Kier molecular flexibility index (Phi) is 10.4. The van der Waals surface area contributed by atoms with Crippen molar-refractivity contribution in [2.24, 2.45) is 0 Å². The number of carbonyl (C=O) groups is 2. The summed E-state index contributed by atoms with van der Waals surface area (Å²) in [5, 5.41) is 2.87. The maximum absolute atomic E-state index is 14.0. The van der Waals surface area contributed by atoms with Crippen LogP contribution in [0, 0.1) is 6.92 Å². The highest BCUT2D eigenvalue weighted by molar-refractivity contribution is 7.92.